The quantitative estimate of drug-likeness (QED) is 0.501. The molecule has 0 radical (unpaired) electrons. The minimum Gasteiger partial charge on any atom is -0.850 e. The van der Waals surface area contributed by atoms with Gasteiger partial charge in [-0.2, -0.15) is 0 Å². The molecule has 0 unspecified atom stereocenters. The summed E-state index contributed by atoms with van der Waals surface area (Å²) in [7, 11) is 0. The van der Waals surface area contributed by atoms with Crippen molar-refractivity contribution in [1.82, 2.24) is 0 Å². The molecule has 0 saturated heterocycles. The maximum Gasteiger partial charge on any atom is 1.00 e. The molecular formula is C8H17KO2. The first-order valence-corrected chi connectivity index (χ1v) is 3.63. The number of hydrogen-bond acceptors (Lipinski definition) is 2. The first kappa shape index (κ1) is 15.0. The number of hydrogen-bond donors (Lipinski definition) is 1. The molecule has 0 aromatic rings. The van der Waals surface area contributed by atoms with Gasteiger partial charge in [0.05, 0.1) is 5.60 Å². The second-order valence-corrected chi connectivity index (χ2v) is 4.07. The van der Waals surface area contributed by atoms with Crippen molar-refractivity contribution in [3.63, 3.8) is 0 Å². The van der Waals surface area contributed by atoms with Gasteiger partial charge in [0.25, 0.3) is 0 Å². The topological polar surface area (TPSA) is 43.3 Å². The van der Waals surface area contributed by atoms with Crippen LogP contribution >= 0.6 is 0 Å². The Morgan fingerprint density at radius 3 is 1.55 bits per heavy atom. The van der Waals surface area contributed by atoms with Crippen molar-refractivity contribution < 1.29 is 61.6 Å². The molecule has 0 aromatic heterocycles. The van der Waals surface area contributed by atoms with Gasteiger partial charge in [0, 0.05) is 0 Å². The summed E-state index contributed by atoms with van der Waals surface area (Å²) in [4.78, 5) is 0. The molecule has 1 N–H and O–H groups in total. The Morgan fingerprint density at radius 1 is 1.09 bits per heavy atom. The van der Waals surface area contributed by atoms with Crippen molar-refractivity contribution >= 4 is 0 Å². The van der Waals surface area contributed by atoms with Crippen molar-refractivity contribution in [2.45, 2.75) is 51.7 Å². The zero-order valence-corrected chi connectivity index (χ0v) is 11.4. The Hall–Kier alpha value is 1.56. The van der Waals surface area contributed by atoms with Crippen molar-refractivity contribution in [2.24, 2.45) is 0 Å². The summed E-state index contributed by atoms with van der Waals surface area (Å²) in [6, 6.07) is 0. The third kappa shape index (κ3) is 14.4. The Morgan fingerprint density at radius 2 is 1.45 bits per heavy atom. The maximum atomic E-state index is 11.0. The maximum absolute atomic E-state index is 11.0. The summed E-state index contributed by atoms with van der Waals surface area (Å²) in [5, 5.41) is 20.3. The van der Waals surface area contributed by atoms with Crippen LogP contribution in [0.3, 0.4) is 0 Å². The van der Waals surface area contributed by atoms with Gasteiger partial charge in [0.2, 0.25) is 0 Å². The van der Waals surface area contributed by atoms with Gasteiger partial charge in [-0.05, 0) is 20.3 Å². The van der Waals surface area contributed by atoms with Gasteiger partial charge >= 0.3 is 51.4 Å². The van der Waals surface area contributed by atoms with Gasteiger partial charge in [-0.25, -0.2) is 0 Å². The minimum atomic E-state index is -0.903. The Kier molecular flexibility index (Phi) is 7.28. The van der Waals surface area contributed by atoms with E-state index in [1.54, 1.807) is 27.7 Å². The van der Waals surface area contributed by atoms with Crippen LogP contribution in [0.5, 0.6) is 0 Å². The molecule has 3 heteroatoms. The van der Waals surface area contributed by atoms with Gasteiger partial charge < -0.3 is 10.2 Å². The van der Waals surface area contributed by atoms with Crippen LogP contribution in [0.1, 0.15) is 40.5 Å². The fourth-order valence-electron chi connectivity index (χ4n) is 0.607. The molecule has 0 spiro atoms. The third-order valence-corrected chi connectivity index (χ3v) is 1.34. The predicted molar refractivity (Wildman–Crippen MR) is 39.6 cm³/mol. The van der Waals surface area contributed by atoms with Crippen molar-refractivity contribution in [2.75, 3.05) is 0 Å². The molecule has 0 fully saturated rings. The second kappa shape index (κ2) is 5.32. The van der Waals surface area contributed by atoms with Crippen LogP contribution in [0.4, 0.5) is 0 Å². The Bertz CT molecular complexity index is 85.6. The fraction of sp³-hybridized carbons (Fsp3) is 1.00. The van der Waals surface area contributed by atoms with E-state index in [1.165, 1.54) is 0 Å². The molecular weight excluding hydrogens is 167 g/mol. The molecule has 0 saturated carbocycles. The molecule has 0 bridgehead atoms. The van der Waals surface area contributed by atoms with Gasteiger partial charge in [0.15, 0.2) is 0 Å². The van der Waals surface area contributed by atoms with Crippen LogP contribution in [0.2, 0.25) is 0 Å². The van der Waals surface area contributed by atoms with Crippen LogP contribution in [0.15, 0.2) is 0 Å². The van der Waals surface area contributed by atoms with Crippen LogP contribution in [0, 0.1) is 0 Å². The molecule has 0 aliphatic rings. The molecule has 62 valence electrons. The molecule has 2 nitrogen and oxygen atoms in total. The molecule has 0 amide bonds. The molecule has 0 aromatic carbocycles. The zero-order valence-electron chi connectivity index (χ0n) is 8.27. The molecule has 0 aliphatic carbocycles. The average Bonchev–Trinajstić information content (AvgIpc) is 1.57. The Labute approximate surface area is 112 Å². The standard InChI is InChI=1S/C8H17O2.K/c1-7(2,9)5-6-8(3,4)10;/h9H,5-6H2,1-4H3;/q-1;+1. The average molecular weight is 184 g/mol. The summed E-state index contributed by atoms with van der Waals surface area (Å²) in [6.07, 6.45) is 1.10. The van der Waals surface area contributed by atoms with E-state index < -0.39 is 11.2 Å². The Balaban J connectivity index is 0. The summed E-state index contributed by atoms with van der Waals surface area (Å²) in [5.74, 6) is 0. The first-order valence-electron chi connectivity index (χ1n) is 3.63. The summed E-state index contributed by atoms with van der Waals surface area (Å²) in [5.41, 5.74) is -1.60. The zero-order chi connectivity index (χ0) is 8.41. The van der Waals surface area contributed by atoms with E-state index in [9.17, 15) is 10.2 Å². The largest absolute Gasteiger partial charge is 1.00 e. The molecule has 0 aliphatic heterocycles. The van der Waals surface area contributed by atoms with E-state index >= 15 is 0 Å². The van der Waals surface area contributed by atoms with Gasteiger partial charge in [-0.3, -0.25) is 0 Å². The second-order valence-electron chi connectivity index (χ2n) is 4.07. The van der Waals surface area contributed by atoms with Crippen LogP contribution in [-0.2, 0) is 0 Å². The SMILES string of the molecule is CC(C)([O-])CCC(C)(C)O.[K+]. The third-order valence-electron chi connectivity index (χ3n) is 1.34. The molecule has 0 atom stereocenters. The number of rotatable bonds is 3. The van der Waals surface area contributed by atoms with E-state index in [4.69, 9.17) is 0 Å². The number of aliphatic hydroxyl groups is 1. The van der Waals surface area contributed by atoms with E-state index in [0.29, 0.717) is 12.8 Å². The molecule has 0 heterocycles. The van der Waals surface area contributed by atoms with Gasteiger partial charge in [-0.1, -0.05) is 20.3 Å². The van der Waals surface area contributed by atoms with Gasteiger partial charge in [0.1, 0.15) is 0 Å². The molecule has 11 heavy (non-hydrogen) atoms. The van der Waals surface area contributed by atoms with Crippen LogP contribution in [-0.4, -0.2) is 16.3 Å². The van der Waals surface area contributed by atoms with E-state index in [-0.39, 0.29) is 51.4 Å². The smallest absolute Gasteiger partial charge is 0.850 e. The summed E-state index contributed by atoms with van der Waals surface area (Å²) in [6.45, 7) is 6.72. The van der Waals surface area contributed by atoms with Crippen molar-refractivity contribution in [1.29, 1.82) is 0 Å². The predicted octanol–water partition coefficient (Wildman–Crippen LogP) is -2.32. The van der Waals surface area contributed by atoms with E-state index in [0.717, 1.165) is 0 Å². The van der Waals surface area contributed by atoms with Crippen molar-refractivity contribution in [3.05, 3.63) is 0 Å². The normalized spacial score (nSPS) is 12.5. The van der Waals surface area contributed by atoms with Gasteiger partial charge in [-0.15, -0.1) is 5.60 Å². The van der Waals surface area contributed by atoms with Crippen LogP contribution in [0.25, 0.3) is 0 Å². The first-order chi connectivity index (χ1) is 4.21. The van der Waals surface area contributed by atoms with E-state index in [2.05, 4.69) is 0 Å². The summed E-state index contributed by atoms with van der Waals surface area (Å²) < 4.78 is 0. The molecule has 0 rings (SSSR count). The van der Waals surface area contributed by atoms with Crippen LogP contribution < -0.4 is 56.5 Å². The fourth-order valence-corrected chi connectivity index (χ4v) is 0.607. The van der Waals surface area contributed by atoms with E-state index in [1.807, 2.05) is 0 Å². The monoisotopic (exact) mass is 184 g/mol. The van der Waals surface area contributed by atoms with Crippen molar-refractivity contribution in [3.8, 4) is 0 Å². The minimum absolute atomic E-state index is 0. The summed E-state index contributed by atoms with van der Waals surface area (Å²) >= 11 is 0.